The number of carboxylic acids is 1. The van der Waals surface area contributed by atoms with Crippen molar-refractivity contribution in [1.29, 1.82) is 0 Å². The Balaban J connectivity index is 1.93. The lowest BCUT2D eigenvalue weighted by atomic mass is 10.1. The van der Waals surface area contributed by atoms with Gasteiger partial charge in [0.05, 0.1) is 11.9 Å². The number of rotatable bonds is 6. The molecular formula is C20H18N2O4S2. The molecule has 28 heavy (non-hydrogen) atoms. The smallest absolute Gasteiger partial charge is 0.371 e. The van der Waals surface area contributed by atoms with E-state index in [0.29, 0.717) is 23.4 Å². The average Bonchev–Trinajstić information content (AvgIpc) is 3.42. The molecule has 0 amide bonds. The first-order valence-electron chi connectivity index (χ1n) is 8.94. The van der Waals surface area contributed by atoms with Gasteiger partial charge in [0.2, 0.25) is 5.76 Å². The van der Waals surface area contributed by atoms with Gasteiger partial charge in [-0.25, -0.2) is 9.78 Å². The summed E-state index contributed by atoms with van der Waals surface area (Å²) < 4.78 is 6.96. The molecule has 4 rings (SSSR count). The summed E-state index contributed by atoms with van der Waals surface area (Å²) in [5.74, 6) is -0.196. The van der Waals surface area contributed by atoms with Gasteiger partial charge >= 0.3 is 5.97 Å². The van der Waals surface area contributed by atoms with Crippen LogP contribution in [0.1, 0.15) is 40.9 Å². The van der Waals surface area contributed by atoms with Crippen LogP contribution in [0.2, 0.25) is 0 Å². The first-order chi connectivity index (χ1) is 13.5. The first-order valence-corrected chi connectivity index (χ1v) is 10.6. The molecule has 0 aliphatic carbocycles. The Morgan fingerprint density at radius 3 is 2.68 bits per heavy atom. The third-order valence-corrected chi connectivity index (χ3v) is 6.67. The van der Waals surface area contributed by atoms with Crippen molar-refractivity contribution in [3.8, 4) is 10.4 Å². The molecule has 144 valence electrons. The maximum atomic E-state index is 13.5. The lowest BCUT2D eigenvalue weighted by Crippen LogP contribution is -2.25. The van der Waals surface area contributed by atoms with Crippen molar-refractivity contribution >= 4 is 38.9 Å². The SMILES string of the molecule is CCc1sc2nc(CC)n(Cc3ccc(C(=O)O)o3)c(=O)c2c1-c1cccs1. The van der Waals surface area contributed by atoms with Gasteiger partial charge in [-0.2, -0.15) is 0 Å². The summed E-state index contributed by atoms with van der Waals surface area (Å²) in [6.07, 6.45) is 1.42. The quantitative estimate of drug-likeness (QED) is 0.496. The number of hydrogen-bond acceptors (Lipinski definition) is 6. The van der Waals surface area contributed by atoms with Crippen molar-refractivity contribution in [2.24, 2.45) is 0 Å². The minimum absolute atomic E-state index is 0.116. The summed E-state index contributed by atoms with van der Waals surface area (Å²) in [6, 6.07) is 6.99. The van der Waals surface area contributed by atoms with Gasteiger partial charge in [-0.05, 0) is 30.0 Å². The van der Waals surface area contributed by atoms with E-state index >= 15 is 0 Å². The Hall–Kier alpha value is -2.71. The predicted molar refractivity (Wildman–Crippen MR) is 111 cm³/mol. The molecule has 4 aromatic heterocycles. The number of aromatic carboxylic acids is 1. The Kier molecular flexibility index (Phi) is 4.91. The third kappa shape index (κ3) is 3.08. The summed E-state index contributed by atoms with van der Waals surface area (Å²) >= 11 is 3.18. The molecule has 6 nitrogen and oxygen atoms in total. The van der Waals surface area contributed by atoms with E-state index in [-0.39, 0.29) is 17.9 Å². The Bertz CT molecular complexity index is 1220. The molecule has 0 aromatic carbocycles. The van der Waals surface area contributed by atoms with Crippen LogP contribution in [0.5, 0.6) is 0 Å². The van der Waals surface area contributed by atoms with E-state index in [1.165, 1.54) is 6.07 Å². The molecular weight excluding hydrogens is 396 g/mol. The summed E-state index contributed by atoms with van der Waals surface area (Å²) in [5, 5.41) is 11.7. The van der Waals surface area contributed by atoms with E-state index in [0.717, 1.165) is 26.6 Å². The highest BCUT2D eigenvalue weighted by atomic mass is 32.1. The van der Waals surface area contributed by atoms with Crippen LogP contribution in [0.3, 0.4) is 0 Å². The Labute approximate surface area is 168 Å². The zero-order chi connectivity index (χ0) is 19.8. The van der Waals surface area contributed by atoms with Gasteiger partial charge in [0.25, 0.3) is 5.56 Å². The fourth-order valence-corrected chi connectivity index (χ4v) is 5.27. The van der Waals surface area contributed by atoms with E-state index in [2.05, 4.69) is 6.92 Å². The zero-order valence-corrected chi connectivity index (χ0v) is 17.0. The maximum absolute atomic E-state index is 13.5. The third-order valence-electron chi connectivity index (χ3n) is 4.56. The van der Waals surface area contributed by atoms with Crippen molar-refractivity contribution < 1.29 is 14.3 Å². The second kappa shape index (κ2) is 7.37. The lowest BCUT2D eigenvalue weighted by molar-refractivity contribution is 0.0660. The van der Waals surface area contributed by atoms with Crippen LogP contribution in [0.4, 0.5) is 0 Å². The second-order valence-corrected chi connectivity index (χ2v) is 8.29. The molecule has 0 saturated heterocycles. The van der Waals surface area contributed by atoms with Gasteiger partial charge in [-0.15, -0.1) is 22.7 Å². The predicted octanol–water partition coefficient (Wildman–Crippen LogP) is 4.65. The summed E-state index contributed by atoms with van der Waals surface area (Å²) in [4.78, 5) is 32.3. The number of thiophene rings is 2. The molecule has 0 radical (unpaired) electrons. The van der Waals surface area contributed by atoms with Crippen molar-refractivity contribution in [2.45, 2.75) is 33.2 Å². The van der Waals surface area contributed by atoms with E-state index in [4.69, 9.17) is 14.5 Å². The monoisotopic (exact) mass is 414 g/mol. The molecule has 0 fully saturated rings. The molecule has 0 saturated carbocycles. The number of aryl methyl sites for hydroxylation is 2. The van der Waals surface area contributed by atoms with Crippen molar-refractivity contribution in [3.05, 3.63) is 62.2 Å². The van der Waals surface area contributed by atoms with Crippen LogP contribution in [0.25, 0.3) is 20.7 Å². The molecule has 8 heteroatoms. The minimum Gasteiger partial charge on any atom is -0.475 e. The van der Waals surface area contributed by atoms with Crippen LogP contribution in [0, 0.1) is 0 Å². The van der Waals surface area contributed by atoms with Crippen molar-refractivity contribution in [1.82, 2.24) is 9.55 Å². The van der Waals surface area contributed by atoms with Crippen molar-refractivity contribution in [3.63, 3.8) is 0 Å². The highest BCUT2D eigenvalue weighted by molar-refractivity contribution is 7.20. The van der Waals surface area contributed by atoms with E-state index in [9.17, 15) is 9.59 Å². The van der Waals surface area contributed by atoms with Crippen LogP contribution >= 0.6 is 22.7 Å². The van der Waals surface area contributed by atoms with Gasteiger partial charge in [0, 0.05) is 21.7 Å². The minimum atomic E-state index is -1.13. The van der Waals surface area contributed by atoms with Crippen LogP contribution < -0.4 is 5.56 Å². The molecule has 4 aromatic rings. The highest BCUT2D eigenvalue weighted by Gasteiger charge is 2.21. The molecule has 0 aliphatic rings. The van der Waals surface area contributed by atoms with Crippen LogP contribution in [-0.2, 0) is 19.4 Å². The number of carbonyl (C=O) groups is 1. The number of furan rings is 1. The summed E-state index contributed by atoms with van der Waals surface area (Å²) in [7, 11) is 0. The molecule has 0 unspecified atom stereocenters. The van der Waals surface area contributed by atoms with Gasteiger partial charge in [0.15, 0.2) is 0 Å². The van der Waals surface area contributed by atoms with Crippen LogP contribution in [-0.4, -0.2) is 20.6 Å². The summed E-state index contributed by atoms with van der Waals surface area (Å²) in [6.45, 7) is 4.18. The van der Waals surface area contributed by atoms with Gasteiger partial charge in [-0.1, -0.05) is 19.9 Å². The highest BCUT2D eigenvalue weighted by Crippen LogP contribution is 2.38. The van der Waals surface area contributed by atoms with E-state index in [1.807, 2.05) is 24.4 Å². The molecule has 0 spiro atoms. The number of hydrogen-bond donors (Lipinski definition) is 1. The largest absolute Gasteiger partial charge is 0.475 e. The fraction of sp³-hybridized carbons (Fsp3) is 0.250. The normalized spacial score (nSPS) is 11.4. The number of aromatic nitrogens is 2. The van der Waals surface area contributed by atoms with Crippen molar-refractivity contribution in [2.75, 3.05) is 0 Å². The molecule has 0 bridgehead atoms. The topological polar surface area (TPSA) is 85.3 Å². The first kappa shape index (κ1) is 18.6. The maximum Gasteiger partial charge on any atom is 0.371 e. The zero-order valence-electron chi connectivity index (χ0n) is 15.4. The average molecular weight is 415 g/mol. The standard InChI is InChI=1S/C20H18N2O4S2/c1-3-13-16(14-6-5-9-27-14)17-18(28-13)21-15(4-2)22(19(17)23)10-11-7-8-12(26-11)20(24)25/h5-9H,3-4,10H2,1-2H3,(H,24,25). The molecule has 1 N–H and O–H groups in total. The summed E-state index contributed by atoms with van der Waals surface area (Å²) in [5.41, 5.74) is 0.853. The van der Waals surface area contributed by atoms with E-state index in [1.54, 1.807) is 33.3 Å². The number of nitrogens with zero attached hydrogens (tertiary/aromatic N) is 2. The molecule has 0 aliphatic heterocycles. The Morgan fingerprint density at radius 1 is 1.25 bits per heavy atom. The number of carboxylic acid groups (broad SMARTS) is 1. The van der Waals surface area contributed by atoms with Crippen LogP contribution in [0.15, 0.2) is 38.9 Å². The van der Waals surface area contributed by atoms with Gasteiger partial charge in [-0.3, -0.25) is 9.36 Å². The van der Waals surface area contributed by atoms with Gasteiger partial charge < -0.3 is 9.52 Å². The second-order valence-electron chi connectivity index (χ2n) is 6.26. The fourth-order valence-electron chi connectivity index (χ4n) is 3.27. The molecule has 0 atom stereocenters. The Morgan fingerprint density at radius 2 is 2.07 bits per heavy atom. The lowest BCUT2D eigenvalue weighted by Gasteiger charge is -2.10. The number of fused-ring (bicyclic) bond motifs is 1. The van der Waals surface area contributed by atoms with E-state index < -0.39 is 5.97 Å². The van der Waals surface area contributed by atoms with Gasteiger partial charge in [0.1, 0.15) is 16.4 Å². The molecule has 4 heterocycles.